The van der Waals surface area contributed by atoms with E-state index in [9.17, 15) is 0 Å². The van der Waals surface area contributed by atoms with Crippen LogP contribution in [0, 0.1) is 35.5 Å². The summed E-state index contributed by atoms with van der Waals surface area (Å²) in [6, 6.07) is 0.605. The molecule has 2 heteroatoms. The first-order valence-electron chi connectivity index (χ1n) is 7.22. The zero-order valence-corrected chi connectivity index (χ0v) is 10.7. The molecule has 2 nitrogen and oxygen atoms in total. The van der Waals surface area contributed by atoms with Gasteiger partial charge < -0.3 is 0 Å². The number of rotatable bonds is 5. The molecule has 2 bridgehead atoms. The maximum atomic E-state index is 5.78. The number of hydrogen-bond donors (Lipinski definition) is 2. The summed E-state index contributed by atoms with van der Waals surface area (Å²) >= 11 is 0. The zero-order chi connectivity index (χ0) is 11.3. The minimum Gasteiger partial charge on any atom is -0.271 e. The number of hydrazine groups is 1. The molecule has 3 rings (SSSR count). The predicted molar refractivity (Wildman–Crippen MR) is 66.5 cm³/mol. The summed E-state index contributed by atoms with van der Waals surface area (Å²) in [7, 11) is 0. The Morgan fingerprint density at radius 1 is 1.25 bits per heavy atom. The molecular weight excluding hydrogens is 196 g/mol. The van der Waals surface area contributed by atoms with Crippen molar-refractivity contribution >= 4 is 0 Å². The van der Waals surface area contributed by atoms with E-state index in [1.165, 1.54) is 25.7 Å². The van der Waals surface area contributed by atoms with Crippen molar-refractivity contribution in [2.24, 2.45) is 41.4 Å². The van der Waals surface area contributed by atoms with Crippen LogP contribution in [0.25, 0.3) is 0 Å². The van der Waals surface area contributed by atoms with Crippen LogP contribution in [0.1, 0.15) is 46.0 Å². The van der Waals surface area contributed by atoms with Gasteiger partial charge in [0.1, 0.15) is 0 Å². The molecule has 0 radical (unpaired) electrons. The summed E-state index contributed by atoms with van der Waals surface area (Å²) in [4.78, 5) is 0. The highest BCUT2D eigenvalue weighted by molar-refractivity contribution is 5.15. The van der Waals surface area contributed by atoms with Gasteiger partial charge in [-0.3, -0.25) is 11.3 Å². The third-order valence-corrected chi connectivity index (χ3v) is 5.83. The van der Waals surface area contributed by atoms with Crippen LogP contribution >= 0.6 is 0 Å². The van der Waals surface area contributed by atoms with Crippen LogP contribution < -0.4 is 11.3 Å². The van der Waals surface area contributed by atoms with E-state index in [1.807, 2.05) is 0 Å². The van der Waals surface area contributed by atoms with Gasteiger partial charge >= 0.3 is 0 Å². The van der Waals surface area contributed by atoms with Crippen LogP contribution in [0.2, 0.25) is 0 Å². The van der Waals surface area contributed by atoms with Gasteiger partial charge in [-0.15, -0.1) is 0 Å². The van der Waals surface area contributed by atoms with Crippen LogP contribution in [0.5, 0.6) is 0 Å². The van der Waals surface area contributed by atoms with E-state index in [2.05, 4.69) is 19.3 Å². The average molecular weight is 222 g/mol. The van der Waals surface area contributed by atoms with E-state index in [-0.39, 0.29) is 0 Å². The van der Waals surface area contributed by atoms with Crippen molar-refractivity contribution in [1.82, 2.24) is 5.43 Å². The summed E-state index contributed by atoms with van der Waals surface area (Å²) in [6.07, 6.45) is 7.15. The Hall–Kier alpha value is -0.0800. The smallest absolute Gasteiger partial charge is 0.0247 e. The van der Waals surface area contributed by atoms with Crippen LogP contribution in [0.15, 0.2) is 0 Å². The standard InChI is InChI=1S/C14H26N2/c1-3-8(2)6-11(16-15)14-12-9-4-5-10(7-9)13(12)14/h8-14,16H,3-7,15H2,1-2H3. The predicted octanol–water partition coefficient (Wildman–Crippen LogP) is 2.55. The second-order valence-electron chi connectivity index (χ2n) is 6.59. The van der Waals surface area contributed by atoms with Crippen molar-refractivity contribution in [1.29, 1.82) is 0 Å². The quantitative estimate of drug-likeness (QED) is 0.554. The van der Waals surface area contributed by atoms with Gasteiger partial charge in [0.25, 0.3) is 0 Å². The van der Waals surface area contributed by atoms with Gasteiger partial charge in [0.2, 0.25) is 0 Å². The molecule has 0 aromatic carbocycles. The van der Waals surface area contributed by atoms with E-state index in [4.69, 9.17) is 5.84 Å². The molecule has 3 aliphatic carbocycles. The lowest BCUT2D eigenvalue weighted by Crippen LogP contribution is -2.39. The molecule has 0 aromatic heterocycles. The summed E-state index contributed by atoms with van der Waals surface area (Å²) in [5.74, 6) is 11.8. The van der Waals surface area contributed by atoms with Gasteiger partial charge in [-0.1, -0.05) is 20.3 Å². The van der Waals surface area contributed by atoms with Crippen molar-refractivity contribution in [2.75, 3.05) is 0 Å². The summed E-state index contributed by atoms with van der Waals surface area (Å²) in [6.45, 7) is 4.65. The first-order valence-corrected chi connectivity index (χ1v) is 7.22. The van der Waals surface area contributed by atoms with Crippen molar-refractivity contribution in [2.45, 2.75) is 52.0 Å². The summed E-state index contributed by atoms with van der Waals surface area (Å²) in [5, 5.41) is 0. The molecule has 6 atom stereocenters. The molecule has 16 heavy (non-hydrogen) atoms. The first kappa shape index (κ1) is 11.0. The van der Waals surface area contributed by atoms with E-state index < -0.39 is 0 Å². The van der Waals surface area contributed by atoms with E-state index in [0.717, 1.165) is 35.5 Å². The van der Waals surface area contributed by atoms with Crippen LogP contribution in [-0.4, -0.2) is 6.04 Å². The second-order valence-corrected chi connectivity index (χ2v) is 6.59. The molecule has 0 saturated heterocycles. The maximum absolute atomic E-state index is 5.78. The normalized spacial score (nSPS) is 47.8. The Bertz CT molecular complexity index is 249. The lowest BCUT2D eigenvalue weighted by molar-refractivity contribution is 0.313. The van der Waals surface area contributed by atoms with Gasteiger partial charge in [-0.05, 0) is 61.2 Å². The minimum atomic E-state index is 0.605. The Kier molecular flexibility index (Phi) is 2.75. The van der Waals surface area contributed by atoms with Crippen LogP contribution in [-0.2, 0) is 0 Å². The fourth-order valence-corrected chi connectivity index (χ4v) is 4.87. The molecule has 3 aliphatic rings. The molecule has 3 saturated carbocycles. The largest absolute Gasteiger partial charge is 0.271 e. The monoisotopic (exact) mass is 222 g/mol. The van der Waals surface area contributed by atoms with E-state index in [1.54, 1.807) is 6.42 Å². The summed E-state index contributed by atoms with van der Waals surface area (Å²) in [5.41, 5.74) is 3.13. The van der Waals surface area contributed by atoms with Crippen LogP contribution in [0.4, 0.5) is 0 Å². The zero-order valence-electron chi connectivity index (χ0n) is 10.7. The van der Waals surface area contributed by atoms with Crippen LogP contribution in [0.3, 0.4) is 0 Å². The highest BCUT2D eigenvalue weighted by atomic mass is 15.2. The molecule has 0 aliphatic heterocycles. The molecule has 0 aromatic rings. The topological polar surface area (TPSA) is 38.0 Å². The maximum Gasteiger partial charge on any atom is 0.0247 e. The van der Waals surface area contributed by atoms with Gasteiger partial charge in [-0.25, -0.2) is 0 Å². The lowest BCUT2D eigenvalue weighted by Gasteiger charge is -2.22. The highest BCUT2D eigenvalue weighted by Gasteiger charge is 2.66. The minimum absolute atomic E-state index is 0.605. The van der Waals surface area contributed by atoms with E-state index in [0.29, 0.717) is 6.04 Å². The number of nitrogens with two attached hydrogens (primary N) is 1. The van der Waals surface area contributed by atoms with Gasteiger partial charge in [0.05, 0.1) is 0 Å². The fraction of sp³-hybridized carbons (Fsp3) is 1.00. The number of hydrogen-bond acceptors (Lipinski definition) is 2. The fourth-order valence-electron chi connectivity index (χ4n) is 4.87. The Labute approximate surface area is 99.3 Å². The second kappa shape index (κ2) is 3.99. The van der Waals surface area contributed by atoms with Crippen molar-refractivity contribution in [3.63, 3.8) is 0 Å². The molecule has 0 amide bonds. The molecule has 92 valence electrons. The molecule has 3 fully saturated rings. The third-order valence-electron chi connectivity index (χ3n) is 5.83. The molecule has 0 spiro atoms. The third kappa shape index (κ3) is 1.53. The van der Waals surface area contributed by atoms with Gasteiger partial charge in [-0.2, -0.15) is 0 Å². The Morgan fingerprint density at radius 3 is 2.38 bits per heavy atom. The van der Waals surface area contributed by atoms with Gasteiger partial charge in [0.15, 0.2) is 0 Å². The molecule has 6 unspecified atom stereocenters. The lowest BCUT2D eigenvalue weighted by atomic mass is 9.91. The Morgan fingerprint density at radius 2 is 1.88 bits per heavy atom. The van der Waals surface area contributed by atoms with Crippen molar-refractivity contribution in [3.05, 3.63) is 0 Å². The van der Waals surface area contributed by atoms with E-state index >= 15 is 0 Å². The number of fused-ring (bicyclic) bond motifs is 5. The SMILES string of the molecule is CCC(C)CC(NN)C1C2C3CCC(C3)C21. The van der Waals surface area contributed by atoms with Gasteiger partial charge in [0, 0.05) is 6.04 Å². The average Bonchev–Trinajstić information content (AvgIpc) is 2.73. The molecule has 3 N–H and O–H groups in total. The van der Waals surface area contributed by atoms with Crippen molar-refractivity contribution < 1.29 is 0 Å². The summed E-state index contributed by atoms with van der Waals surface area (Å²) < 4.78 is 0. The number of nitrogens with one attached hydrogen (secondary N) is 1. The molecule has 0 heterocycles. The van der Waals surface area contributed by atoms with Crippen molar-refractivity contribution in [3.8, 4) is 0 Å². The first-order chi connectivity index (χ1) is 7.76. The highest BCUT2D eigenvalue weighted by Crippen LogP contribution is 2.70. The molecular formula is C14H26N2. The Balaban J connectivity index is 1.61.